The molecule has 1 saturated carbocycles. The average molecular weight is 535 g/mol. The van der Waals surface area contributed by atoms with Gasteiger partial charge in [0.15, 0.2) is 5.82 Å². The number of ether oxygens (including phenoxy) is 1. The predicted octanol–water partition coefficient (Wildman–Crippen LogP) is 5.18. The summed E-state index contributed by atoms with van der Waals surface area (Å²) >= 11 is 0. The number of alkyl halides is 3. The van der Waals surface area contributed by atoms with E-state index >= 15 is 0 Å². The Bertz CT molecular complexity index is 1200. The van der Waals surface area contributed by atoms with E-state index in [1.54, 1.807) is 33.0 Å². The summed E-state index contributed by atoms with van der Waals surface area (Å²) in [5.41, 5.74) is -1.56. The van der Waals surface area contributed by atoms with Crippen LogP contribution < -0.4 is 5.32 Å². The summed E-state index contributed by atoms with van der Waals surface area (Å²) in [4.78, 5) is 39.9. The Morgan fingerprint density at radius 3 is 2.53 bits per heavy atom. The zero-order chi connectivity index (χ0) is 27.7. The second-order valence-corrected chi connectivity index (χ2v) is 11.0. The molecule has 1 atom stereocenters. The minimum Gasteiger partial charge on any atom is -0.460 e. The van der Waals surface area contributed by atoms with Crippen LogP contribution in [0.1, 0.15) is 80.8 Å². The predicted molar refractivity (Wildman–Crippen MR) is 133 cm³/mol. The van der Waals surface area contributed by atoms with Gasteiger partial charge in [0.1, 0.15) is 11.6 Å². The molecule has 2 aliphatic rings. The topological polar surface area (TPSA) is 93.5 Å². The van der Waals surface area contributed by atoms with Gasteiger partial charge in [0.25, 0.3) is 5.91 Å². The molecule has 4 rings (SSSR count). The molecule has 1 unspecified atom stereocenters. The number of hydrogen-bond acceptors (Lipinski definition) is 5. The quantitative estimate of drug-likeness (QED) is 0.472. The van der Waals surface area contributed by atoms with Gasteiger partial charge in [-0.1, -0.05) is 31.7 Å². The number of fused-ring (bicyclic) bond motifs is 1. The first-order chi connectivity index (χ1) is 17.8. The van der Waals surface area contributed by atoms with Crippen molar-refractivity contribution in [2.45, 2.75) is 90.2 Å². The lowest BCUT2D eigenvalue weighted by atomic mass is 9.96. The zero-order valence-corrected chi connectivity index (χ0v) is 21.8. The summed E-state index contributed by atoms with van der Waals surface area (Å²) in [6.07, 6.45) is 1.33. The Morgan fingerprint density at radius 2 is 1.87 bits per heavy atom. The van der Waals surface area contributed by atoms with E-state index in [9.17, 15) is 27.6 Å². The highest BCUT2D eigenvalue weighted by Crippen LogP contribution is 2.39. The van der Waals surface area contributed by atoms with Gasteiger partial charge in [-0.15, -0.1) is 0 Å². The van der Waals surface area contributed by atoms with Crippen LogP contribution in [0.2, 0.25) is 0 Å². The van der Waals surface area contributed by atoms with Crippen molar-refractivity contribution < 1.29 is 32.3 Å². The van der Waals surface area contributed by atoms with E-state index in [1.165, 1.54) is 21.7 Å². The fourth-order valence-corrected chi connectivity index (χ4v) is 5.17. The minimum atomic E-state index is -4.60. The molecule has 2 heterocycles. The molecule has 0 saturated heterocycles. The first-order valence-electron chi connectivity index (χ1n) is 12.9. The van der Waals surface area contributed by atoms with Crippen molar-refractivity contribution in [1.82, 2.24) is 14.7 Å². The molecule has 1 aromatic carbocycles. The number of nitrogens with zero attached hydrogens (tertiary/aromatic N) is 3. The normalized spacial score (nSPS) is 17.0. The third-order valence-electron chi connectivity index (χ3n) is 6.87. The van der Waals surface area contributed by atoms with Gasteiger partial charge in [-0.05, 0) is 50.8 Å². The second-order valence-electron chi connectivity index (χ2n) is 11.0. The molecule has 1 fully saturated rings. The third kappa shape index (κ3) is 6.54. The Morgan fingerprint density at radius 1 is 1.16 bits per heavy atom. The maximum atomic E-state index is 13.6. The Balaban J connectivity index is 1.48. The van der Waals surface area contributed by atoms with Crippen LogP contribution >= 0.6 is 0 Å². The van der Waals surface area contributed by atoms with Crippen LogP contribution in [-0.2, 0) is 33.6 Å². The van der Waals surface area contributed by atoms with E-state index in [-0.39, 0.29) is 48.3 Å². The number of aromatic nitrogens is 2. The van der Waals surface area contributed by atoms with Crippen molar-refractivity contribution in [2.75, 3.05) is 5.32 Å². The molecule has 2 amide bonds. The molecule has 1 aliphatic carbocycles. The van der Waals surface area contributed by atoms with E-state index < -0.39 is 35.2 Å². The smallest absolute Gasteiger partial charge is 0.416 e. The molecule has 8 nitrogen and oxygen atoms in total. The average Bonchev–Trinajstić information content (AvgIpc) is 3.55. The number of hydrogen-bond donors (Lipinski definition) is 1. The molecule has 0 bridgehead atoms. The SMILES string of the molecule is CC(C)(C)OC(=O)CCn1ccc(NC(=O)C(CC2CCCC2)N2Cc3c(cccc3C(F)(F)F)C2=O)n1. The van der Waals surface area contributed by atoms with Crippen molar-refractivity contribution in [1.29, 1.82) is 0 Å². The Hall–Kier alpha value is -3.37. The van der Waals surface area contributed by atoms with Crippen molar-refractivity contribution in [3.8, 4) is 0 Å². The van der Waals surface area contributed by atoms with E-state index in [0.29, 0.717) is 6.42 Å². The summed E-state index contributed by atoms with van der Waals surface area (Å²) in [6.45, 7) is 5.31. The number of benzene rings is 1. The molecular weight excluding hydrogens is 501 g/mol. The number of carbonyl (C=O) groups excluding carboxylic acids is 3. The number of carbonyl (C=O) groups is 3. The van der Waals surface area contributed by atoms with Crippen LogP contribution in [0.25, 0.3) is 0 Å². The molecule has 206 valence electrons. The third-order valence-corrected chi connectivity index (χ3v) is 6.87. The van der Waals surface area contributed by atoms with Crippen molar-refractivity contribution in [3.63, 3.8) is 0 Å². The van der Waals surface area contributed by atoms with Crippen LogP contribution in [0.3, 0.4) is 0 Å². The van der Waals surface area contributed by atoms with E-state index in [4.69, 9.17) is 4.74 Å². The van der Waals surface area contributed by atoms with Crippen molar-refractivity contribution in [3.05, 3.63) is 47.2 Å². The van der Waals surface area contributed by atoms with Crippen LogP contribution in [0, 0.1) is 5.92 Å². The Kier molecular flexibility index (Phi) is 7.85. The van der Waals surface area contributed by atoms with E-state index in [0.717, 1.165) is 31.7 Å². The van der Waals surface area contributed by atoms with E-state index in [1.807, 2.05) is 0 Å². The minimum absolute atomic E-state index is 0.0181. The molecule has 38 heavy (non-hydrogen) atoms. The molecular formula is C27H33F3N4O4. The number of amides is 2. The summed E-state index contributed by atoms with van der Waals surface area (Å²) in [5.74, 6) is -1.01. The molecule has 1 N–H and O–H groups in total. The number of anilines is 1. The lowest BCUT2D eigenvalue weighted by Gasteiger charge is -2.29. The maximum absolute atomic E-state index is 13.6. The monoisotopic (exact) mass is 534 g/mol. The summed E-state index contributed by atoms with van der Waals surface area (Å²) in [7, 11) is 0. The summed E-state index contributed by atoms with van der Waals surface area (Å²) < 4.78 is 47.6. The number of halogens is 3. The second kappa shape index (κ2) is 10.8. The first-order valence-corrected chi connectivity index (χ1v) is 12.9. The fourth-order valence-electron chi connectivity index (χ4n) is 5.17. The largest absolute Gasteiger partial charge is 0.460 e. The molecule has 0 radical (unpaired) electrons. The zero-order valence-electron chi connectivity index (χ0n) is 21.8. The van der Waals surface area contributed by atoms with Gasteiger partial charge in [0.05, 0.1) is 18.5 Å². The van der Waals surface area contributed by atoms with Gasteiger partial charge in [-0.2, -0.15) is 18.3 Å². The standard InChI is InChI=1S/C27H33F3N4O4/c1-26(2,3)38-23(35)12-14-33-13-11-22(32-33)31-24(36)21(15-17-7-4-5-8-17)34-16-19-18(25(34)37)9-6-10-20(19)27(28,29)30/h6,9-11,13,17,21H,4-5,7-8,12,14-16H2,1-3H3,(H,31,32,36). The van der Waals surface area contributed by atoms with Gasteiger partial charge in [0.2, 0.25) is 5.91 Å². The highest BCUT2D eigenvalue weighted by Gasteiger charge is 2.43. The number of aryl methyl sites for hydroxylation is 1. The highest BCUT2D eigenvalue weighted by atomic mass is 19.4. The Labute approximate surface area is 219 Å². The van der Waals surface area contributed by atoms with Crippen molar-refractivity contribution in [2.24, 2.45) is 5.92 Å². The number of esters is 1. The number of rotatable bonds is 8. The first kappa shape index (κ1) is 27.7. The molecule has 1 aromatic heterocycles. The molecule has 0 spiro atoms. The maximum Gasteiger partial charge on any atom is 0.416 e. The van der Waals surface area contributed by atoms with E-state index in [2.05, 4.69) is 10.4 Å². The van der Waals surface area contributed by atoms with Gasteiger partial charge in [-0.25, -0.2) is 0 Å². The van der Waals surface area contributed by atoms with Crippen LogP contribution in [0.5, 0.6) is 0 Å². The van der Waals surface area contributed by atoms with Gasteiger partial charge in [-0.3, -0.25) is 19.1 Å². The van der Waals surface area contributed by atoms with Crippen molar-refractivity contribution >= 4 is 23.6 Å². The summed E-state index contributed by atoms with van der Waals surface area (Å²) in [6, 6.07) is 4.20. The lowest BCUT2D eigenvalue weighted by Crippen LogP contribution is -2.45. The molecule has 2 aromatic rings. The van der Waals surface area contributed by atoms with Crippen LogP contribution in [-0.4, -0.2) is 44.1 Å². The molecule has 1 aliphatic heterocycles. The molecule has 11 heteroatoms. The lowest BCUT2D eigenvalue weighted by molar-refractivity contribution is -0.155. The van der Waals surface area contributed by atoms with Crippen LogP contribution in [0.4, 0.5) is 19.0 Å². The summed E-state index contributed by atoms with van der Waals surface area (Å²) in [5, 5.41) is 7.02. The fraction of sp³-hybridized carbons (Fsp3) is 0.556. The highest BCUT2D eigenvalue weighted by molar-refractivity contribution is 6.03. The van der Waals surface area contributed by atoms with Gasteiger partial charge < -0.3 is 15.0 Å². The van der Waals surface area contributed by atoms with Gasteiger partial charge in [0, 0.05) is 24.4 Å². The van der Waals surface area contributed by atoms with Gasteiger partial charge >= 0.3 is 12.1 Å². The van der Waals surface area contributed by atoms with Crippen LogP contribution in [0.15, 0.2) is 30.5 Å². The number of nitrogens with one attached hydrogen (secondary N) is 1.